The zero-order chi connectivity index (χ0) is 13.0. The van der Waals surface area contributed by atoms with Gasteiger partial charge in [0, 0.05) is 6.20 Å². The van der Waals surface area contributed by atoms with Crippen LogP contribution in [-0.2, 0) is 0 Å². The molecule has 1 unspecified atom stereocenters. The van der Waals surface area contributed by atoms with Gasteiger partial charge in [0.25, 0.3) is 0 Å². The lowest BCUT2D eigenvalue weighted by Crippen LogP contribution is -2.12. The van der Waals surface area contributed by atoms with Crippen molar-refractivity contribution in [3.05, 3.63) is 59.4 Å². The van der Waals surface area contributed by atoms with Crippen LogP contribution in [0, 0.1) is 13.8 Å². The van der Waals surface area contributed by atoms with Crippen LogP contribution in [0.5, 0.6) is 5.75 Å². The summed E-state index contributed by atoms with van der Waals surface area (Å²) in [6, 6.07) is 11.4. The third-order valence-corrected chi connectivity index (χ3v) is 2.82. The summed E-state index contributed by atoms with van der Waals surface area (Å²) in [5.41, 5.74) is 2.77. The minimum absolute atomic E-state index is 0. The standard InChI is InChI=1S/C15H17NO2.ClH/c1-11-6-5-7-12(2)15(11)18-10-14(17)13-8-3-4-9-16-13;/h3-9,14,17H,10H2,1-2H3;1H. The van der Waals surface area contributed by atoms with Crippen molar-refractivity contribution in [3.8, 4) is 5.75 Å². The highest BCUT2D eigenvalue weighted by Gasteiger charge is 2.11. The van der Waals surface area contributed by atoms with E-state index in [1.54, 1.807) is 12.3 Å². The lowest BCUT2D eigenvalue weighted by Gasteiger charge is -2.15. The van der Waals surface area contributed by atoms with E-state index in [0.717, 1.165) is 16.9 Å². The van der Waals surface area contributed by atoms with Crippen molar-refractivity contribution < 1.29 is 9.84 Å². The number of pyridine rings is 1. The Morgan fingerprint density at radius 1 is 1.11 bits per heavy atom. The summed E-state index contributed by atoms with van der Waals surface area (Å²) in [6.07, 6.45) is 0.961. The van der Waals surface area contributed by atoms with E-state index in [4.69, 9.17) is 4.74 Å². The Bertz CT molecular complexity index is 497. The molecule has 0 fully saturated rings. The van der Waals surface area contributed by atoms with Crippen molar-refractivity contribution >= 4 is 12.4 Å². The second kappa shape index (κ2) is 7.12. The fourth-order valence-electron chi connectivity index (χ4n) is 1.85. The van der Waals surface area contributed by atoms with Gasteiger partial charge < -0.3 is 9.84 Å². The summed E-state index contributed by atoms with van der Waals surface area (Å²) in [5, 5.41) is 9.98. The number of rotatable bonds is 4. The molecule has 0 aliphatic rings. The molecule has 0 bridgehead atoms. The van der Waals surface area contributed by atoms with Gasteiger partial charge in [-0.1, -0.05) is 24.3 Å². The highest BCUT2D eigenvalue weighted by molar-refractivity contribution is 5.85. The molecule has 1 heterocycles. The van der Waals surface area contributed by atoms with E-state index in [0.29, 0.717) is 5.69 Å². The number of aliphatic hydroxyl groups excluding tert-OH is 1. The number of aryl methyl sites for hydroxylation is 2. The van der Waals surface area contributed by atoms with Crippen LogP contribution < -0.4 is 4.74 Å². The normalized spacial score (nSPS) is 11.5. The molecule has 2 rings (SSSR count). The Balaban J connectivity index is 0.00000180. The van der Waals surface area contributed by atoms with Crippen LogP contribution >= 0.6 is 12.4 Å². The Labute approximate surface area is 119 Å². The zero-order valence-electron chi connectivity index (χ0n) is 11.0. The molecule has 0 saturated heterocycles. The molecule has 0 spiro atoms. The molecule has 1 atom stereocenters. The number of benzene rings is 1. The van der Waals surface area contributed by atoms with E-state index >= 15 is 0 Å². The third kappa shape index (κ3) is 3.94. The van der Waals surface area contributed by atoms with E-state index in [9.17, 15) is 5.11 Å². The van der Waals surface area contributed by atoms with Gasteiger partial charge in [-0.3, -0.25) is 4.98 Å². The number of hydrogen-bond donors (Lipinski definition) is 1. The van der Waals surface area contributed by atoms with E-state index in [-0.39, 0.29) is 19.0 Å². The van der Waals surface area contributed by atoms with Crippen molar-refractivity contribution in [1.29, 1.82) is 0 Å². The summed E-state index contributed by atoms with van der Waals surface area (Å²) < 4.78 is 5.69. The second-order valence-electron chi connectivity index (χ2n) is 4.30. The van der Waals surface area contributed by atoms with Gasteiger partial charge in [-0.15, -0.1) is 12.4 Å². The monoisotopic (exact) mass is 279 g/mol. The van der Waals surface area contributed by atoms with Crippen LogP contribution in [0.15, 0.2) is 42.6 Å². The largest absolute Gasteiger partial charge is 0.490 e. The molecule has 4 heteroatoms. The van der Waals surface area contributed by atoms with Crippen LogP contribution in [0.2, 0.25) is 0 Å². The molecule has 1 aromatic heterocycles. The molecule has 0 radical (unpaired) electrons. The van der Waals surface area contributed by atoms with Gasteiger partial charge in [0.2, 0.25) is 0 Å². The number of ether oxygens (including phenoxy) is 1. The van der Waals surface area contributed by atoms with Gasteiger partial charge in [0.15, 0.2) is 0 Å². The summed E-state index contributed by atoms with van der Waals surface area (Å²) in [5.74, 6) is 0.840. The van der Waals surface area contributed by atoms with Crippen LogP contribution in [-0.4, -0.2) is 16.7 Å². The first-order valence-corrected chi connectivity index (χ1v) is 5.96. The smallest absolute Gasteiger partial charge is 0.130 e. The minimum atomic E-state index is -0.704. The maximum absolute atomic E-state index is 9.98. The van der Waals surface area contributed by atoms with Gasteiger partial charge in [-0.25, -0.2) is 0 Å². The summed E-state index contributed by atoms with van der Waals surface area (Å²) in [7, 11) is 0. The van der Waals surface area contributed by atoms with Crippen molar-refractivity contribution in [1.82, 2.24) is 4.98 Å². The van der Waals surface area contributed by atoms with Gasteiger partial charge in [-0.05, 0) is 37.1 Å². The van der Waals surface area contributed by atoms with Crippen molar-refractivity contribution in [2.75, 3.05) is 6.61 Å². The molecule has 102 valence electrons. The molecular formula is C15H18ClNO2. The Morgan fingerprint density at radius 2 is 1.79 bits per heavy atom. The number of aromatic nitrogens is 1. The van der Waals surface area contributed by atoms with E-state index in [2.05, 4.69) is 4.98 Å². The predicted molar refractivity (Wildman–Crippen MR) is 77.9 cm³/mol. The summed E-state index contributed by atoms with van der Waals surface area (Å²) in [6.45, 7) is 4.20. The number of hydrogen-bond acceptors (Lipinski definition) is 3. The van der Waals surface area contributed by atoms with Crippen molar-refractivity contribution in [3.63, 3.8) is 0 Å². The van der Waals surface area contributed by atoms with Crippen LogP contribution in [0.1, 0.15) is 22.9 Å². The Hall–Kier alpha value is -1.58. The maximum Gasteiger partial charge on any atom is 0.130 e. The van der Waals surface area contributed by atoms with Gasteiger partial charge >= 0.3 is 0 Å². The fraction of sp³-hybridized carbons (Fsp3) is 0.267. The topological polar surface area (TPSA) is 42.4 Å². The quantitative estimate of drug-likeness (QED) is 0.934. The first kappa shape index (κ1) is 15.5. The molecule has 19 heavy (non-hydrogen) atoms. The molecule has 0 amide bonds. The minimum Gasteiger partial charge on any atom is -0.490 e. The molecule has 0 aliphatic carbocycles. The fourth-order valence-corrected chi connectivity index (χ4v) is 1.85. The van der Waals surface area contributed by atoms with Crippen molar-refractivity contribution in [2.24, 2.45) is 0 Å². The lowest BCUT2D eigenvalue weighted by molar-refractivity contribution is 0.104. The third-order valence-electron chi connectivity index (χ3n) is 2.82. The first-order valence-electron chi connectivity index (χ1n) is 5.96. The SMILES string of the molecule is Cc1cccc(C)c1OCC(O)c1ccccn1.Cl. The zero-order valence-corrected chi connectivity index (χ0v) is 11.9. The summed E-state index contributed by atoms with van der Waals surface area (Å²) in [4.78, 5) is 4.11. The van der Waals surface area contributed by atoms with Crippen molar-refractivity contribution in [2.45, 2.75) is 20.0 Å². The van der Waals surface area contributed by atoms with Crippen LogP contribution in [0.4, 0.5) is 0 Å². The van der Waals surface area contributed by atoms with Gasteiger partial charge in [0.1, 0.15) is 18.5 Å². The van der Waals surface area contributed by atoms with Gasteiger partial charge in [0.05, 0.1) is 5.69 Å². The molecule has 0 saturated carbocycles. The number of aliphatic hydroxyl groups is 1. The molecule has 1 aromatic carbocycles. The molecule has 2 aromatic rings. The number of nitrogens with zero attached hydrogens (tertiary/aromatic N) is 1. The number of halogens is 1. The van der Waals surface area contributed by atoms with Crippen LogP contribution in [0.3, 0.4) is 0 Å². The Morgan fingerprint density at radius 3 is 2.37 bits per heavy atom. The second-order valence-corrected chi connectivity index (χ2v) is 4.30. The highest BCUT2D eigenvalue weighted by atomic mass is 35.5. The molecule has 0 aliphatic heterocycles. The number of para-hydroxylation sites is 1. The maximum atomic E-state index is 9.98. The van der Waals surface area contributed by atoms with E-state index < -0.39 is 6.10 Å². The molecule has 3 nitrogen and oxygen atoms in total. The van der Waals surface area contributed by atoms with E-state index in [1.807, 2.05) is 44.2 Å². The average molecular weight is 280 g/mol. The predicted octanol–water partition coefficient (Wildman–Crippen LogP) is 3.23. The summed E-state index contributed by atoms with van der Waals surface area (Å²) >= 11 is 0. The average Bonchev–Trinajstić information content (AvgIpc) is 2.39. The first-order chi connectivity index (χ1) is 8.68. The van der Waals surface area contributed by atoms with Crippen LogP contribution in [0.25, 0.3) is 0 Å². The van der Waals surface area contributed by atoms with E-state index in [1.165, 1.54) is 0 Å². The molecule has 1 N–H and O–H groups in total. The molecular weight excluding hydrogens is 262 g/mol. The lowest BCUT2D eigenvalue weighted by atomic mass is 10.1. The highest BCUT2D eigenvalue weighted by Crippen LogP contribution is 2.23. The van der Waals surface area contributed by atoms with Gasteiger partial charge in [-0.2, -0.15) is 0 Å². The Kier molecular flexibility index (Phi) is 5.80.